The van der Waals surface area contributed by atoms with E-state index in [-0.39, 0.29) is 0 Å². The number of rotatable bonds is 5. The standard InChI is InChI=1S/C12H16INO2/c1-2-3-12(4-5-12)8-14-7-9(13)6-10(14)11(15)16/h6-7H,2-5,8H2,1H3,(H,15,16). The third-order valence-corrected chi connectivity index (χ3v) is 3.92. The lowest BCUT2D eigenvalue weighted by Gasteiger charge is -2.16. The van der Waals surface area contributed by atoms with Crippen molar-refractivity contribution in [3.8, 4) is 0 Å². The van der Waals surface area contributed by atoms with Gasteiger partial charge in [-0.2, -0.15) is 0 Å². The van der Waals surface area contributed by atoms with E-state index in [0.717, 1.165) is 10.1 Å². The molecule has 0 amide bonds. The van der Waals surface area contributed by atoms with Crippen molar-refractivity contribution in [2.75, 3.05) is 0 Å². The van der Waals surface area contributed by atoms with Crippen LogP contribution in [0.1, 0.15) is 43.1 Å². The van der Waals surface area contributed by atoms with Gasteiger partial charge >= 0.3 is 5.97 Å². The van der Waals surface area contributed by atoms with Crippen molar-refractivity contribution in [1.29, 1.82) is 0 Å². The summed E-state index contributed by atoms with van der Waals surface area (Å²) in [6.07, 6.45) is 6.82. The van der Waals surface area contributed by atoms with Crippen molar-refractivity contribution in [3.05, 3.63) is 21.5 Å². The van der Waals surface area contributed by atoms with Gasteiger partial charge in [-0.3, -0.25) is 0 Å². The molecule has 1 fully saturated rings. The zero-order valence-electron chi connectivity index (χ0n) is 9.37. The van der Waals surface area contributed by atoms with Gasteiger partial charge in [0.25, 0.3) is 0 Å². The van der Waals surface area contributed by atoms with Gasteiger partial charge in [-0.25, -0.2) is 4.79 Å². The summed E-state index contributed by atoms with van der Waals surface area (Å²) in [5.74, 6) is -0.824. The average molecular weight is 333 g/mol. The zero-order chi connectivity index (χ0) is 11.8. The monoisotopic (exact) mass is 333 g/mol. The van der Waals surface area contributed by atoms with Gasteiger partial charge in [0, 0.05) is 16.3 Å². The maximum absolute atomic E-state index is 11.1. The maximum atomic E-state index is 11.1. The Balaban J connectivity index is 2.18. The average Bonchev–Trinajstić information content (AvgIpc) is 2.83. The molecule has 16 heavy (non-hydrogen) atoms. The predicted molar refractivity (Wildman–Crippen MR) is 70.7 cm³/mol. The topological polar surface area (TPSA) is 42.2 Å². The molecule has 0 bridgehead atoms. The molecular weight excluding hydrogens is 317 g/mol. The van der Waals surface area contributed by atoms with E-state index in [1.54, 1.807) is 6.07 Å². The van der Waals surface area contributed by atoms with Crippen LogP contribution < -0.4 is 0 Å². The Morgan fingerprint density at radius 1 is 1.62 bits per heavy atom. The molecule has 1 saturated carbocycles. The van der Waals surface area contributed by atoms with Crippen LogP contribution in [0.25, 0.3) is 0 Å². The zero-order valence-corrected chi connectivity index (χ0v) is 11.5. The second-order valence-corrected chi connectivity index (χ2v) is 5.97. The van der Waals surface area contributed by atoms with E-state index in [2.05, 4.69) is 29.5 Å². The van der Waals surface area contributed by atoms with Crippen LogP contribution in [0.2, 0.25) is 0 Å². The SMILES string of the molecule is CCCC1(Cn2cc(I)cc2C(=O)O)CC1. The molecular formula is C12H16INO2. The third-order valence-electron chi connectivity index (χ3n) is 3.33. The van der Waals surface area contributed by atoms with E-state index in [1.165, 1.54) is 25.7 Å². The molecule has 1 aromatic rings. The summed E-state index contributed by atoms with van der Waals surface area (Å²) in [5.41, 5.74) is 0.813. The minimum atomic E-state index is -0.824. The van der Waals surface area contributed by atoms with Crippen molar-refractivity contribution in [3.63, 3.8) is 0 Å². The summed E-state index contributed by atoms with van der Waals surface area (Å²) in [5, 5.41) is 9.10. The molecule has 4 heteroatoms. The van der Waals surface area contributed by atoms with Crippen LogP contribution in [0.3, 0.4) is 0 Å². The Labute approximate surface area is 109 Å². The van der Waals surface area contributed by atoms with E-state index in [4.69, 9.17) is 5.11 Å². The summed E-state index contributed by atoms with van der Waals surface area (Å²) >= 11 is 2.17. The van der Waals surface area contributed by atoms with E-state index >= 15 is 0 Å². The second kappa shape index (κ2) is 4.39. The number of carboxylic acids is 1. The number of aromatic carboxylic acids is 1. The van der Waals surface area contributed by atoms with E-state index in [1.807, 2.05) is 10.8 Å². The number of hydrogen-bond acceptors (Lipinski definition) is 1. The summed E-state index contributed by atoms with van der Waals surface area (Å²) in [6.45, 7) is 3.06. The summed E-state index contributed by atoms with van der Waals surface area (Å²) in [6, 6.07) is 1.74. The lowest BCUT2D eigenvalue weighted by atomic mass is 10.0. The third kappa shape index (κ3) is 2.42. The lowest BCUT2D eigenvalue weighted by molar-refractivity contribution is 0.0683. The van der Waals surface area contributed by atoms with Crippen molar-refractivity contribution in [2.45, 2.75) is 39.2 Å². The molecule has 1 heterocycles. The number of aromatic nitrogens is 1. The number of carboxylic acid groups (broad SMARTS) is 1. The molecule has 1 aliphatic carbocycles. The first-order chi connectivity index (χ1) is 7.56. The van der Waals surface area contributed by atoms with Crippen LogP contribution >= 0.6 is 22.6 Å². The van der Waals surface area contributed by atoms with Crippen LogP contribution in [0.4, 0.5) is 0 Å². The van der Waals surface area contributed by atoms with E-state index < -0.39 is 5.97 Å². The molecule has 3 nitrogen and oxygen atoms in total. The molecule has 1 N–H and O–H groups in total. The molecule has 0 spiro atoms. The molecule has 1 aromatic heterocycles. The summed E-state index contributed by atoms with van der Waals surface area (Å²) in [4.78, 5) is 11.1. The molecule has 0 aliphatic heterocycles. The largest absolute Gasteiger partial charge is 0.477 e. The smallest absolute Gasteiger partial charge is 0.352 e. The Hall–Kier alpha value is -0.520. The van der Waals surface area contributed by atoms with Crippen molar-refractivity contribution >= 4 is 28.6 Å². The van der Waals surface area contributed by atoms with Crippen LogP contribution in [0.5, 0.6) is 0 Å². The fourth-order valence-electron chi connectivity index (χ4n) is 2.34. The molecule has 0 aromatic carbocycles. The van der Waals surface area contributed by atoms with Crippen LogP contribution in [-0.2, 0) is 6.54 Å². The van der Waals surface area contributed by atoms with Gasteiger partial charge in [-0.1, -0.05) is 13.3 Å². The quantitative estimate of drug-likeness (QED) is 0.840. The minimum absolute atomic E-state index is 0.390. The first-order valence-electron chi connectivity index (χ1n) is 5.65. The van der Waals surface area contributed by atoms with Crippen LogP contribution in [0, 0.1) is 8.99 Å². The lowest BCUT2D eigenvalue weighted by Crippen LogP contribution is -2.15. The Bertz CT molecular complexity index is 407. The number of hydrogen-bond donors (Lipinski definition) is 1. The van der Waals surface area contributed by atoms with Gasteiger partial charge in [-0.15, -0.1) is 0 Å². The normalized spacial score (nSPS) is 17.4. The first-order valence-corrected chi connectivity index (χ1v) is 6.73. The fraction of sp³-hybridized carbons (Fsp3) is 0.583. The van der Waals surface area contributed by atoms with Gasteiger partial charge in [0.1, 0.15) is 5.69 Å². The molecule has 2 rings (SSSR count). The molecule has 1 aliphatic rings. The first kappa shape index (κ1) is 12.0. The Morgan fingerprint density at radius 3 is 2.81 bits per heavy atom. The molecule has 0 radical (unpaired) electrons. The van der Waals surface area contributed by atoms with Crippen LogP contribution in [0.15, 0.2) is 12.3 Å². The molecule has 0 atom stereocenters. The summed E-state index contributed by atoms with van der Waals surface area (Å²) in [7, 11) is 0. The molecule has 0 unspecified atom stereocenters. The summed E-state index contributed by atoms with van der Waals surface area (Å²) < 4.78 is 2.91. The highest BCUT2D eigenvalue weighted by Crippen LogP contribution is 2.51. The molecule has 0 saturated heterocycles. The Kier molecular flexibility index (Phi) is 3.28. The number of nitrogens with zero attached hydrogens (tertiary/aromatic N) is 1. The van der Waals surface area contributed by atoms with Gasteiger partial charge < -0.3 is 9.67 Å². The van der Waals surface area contributed by atoms with Gasteiger partial charge in [0.15, 0.2) is 0 Å². The van der Waals surface area contributed by atoms with Crippen molar-refractivity contribution < 1.29 is 9.90 Å². The number of halogens is 1. The molecule has 88 valence electrons. The van der Waals surface area contributed by atoms with E-state index in [0.29, 0.717) is 11.1 Å². The second-order valence-electron chi connectivity index (χ2n) is 4.73. The van der Waals surface area contributed by atoms with Gasteiger partial charge in [0.2, 0.25) is 0 Å². The minimum Gasteiger partial charge on any atom is -0.477 e. The van der Waals surface area contributed by atoms with Gasteiger partial charge in [0.05, 0.1) is 0 Å². The predicted octanol–water partition coefficient (Wildman–Crippen LogP) is 3.37. The highest BCUT2D eigenvalue weighted by molar-refractivity contribution is 14.1. The highest BCUT2D eigenvalue weighted by Gasteiger charge is 2.42. The van der Waals surface area contributed by atoms with Gasteiger partial charge in [-0.05, 0) is 53.3 Å². The van der Waals surface area contributed by atoms with E-state index in [9.17, 15) is 4.79 Å². The van der Waals surface area contributed by atoms with Crippen molar-refractivity contribution in [2.24, 2.45) is 5.41 Å². The number of carbonyl (C=O) groups is 1. The van der Waals surface area contributed by atoms with Crippen molar-refractivity contribution in [1.82, 2.24) is 4.57 Å². The Morgan fingerprint density at radius 2 is 2.31 bits per heavy atom. The fourth-order valence-corrected chi connectivity index (χ4v) is 2.97. The highest BCUT2D eigenvalue weighted by atomic mass is 127. The van der Waals surface area contributed by atoms with Crippen LogP contribution in [-0.4, -0.2) is 15.6 Å². The maximum Gasteiger partial charge on any atom is 0.352 e.